The Morgan fingerprint density at radius 2 is 1.79 bits per heavy atom. The molecule has 0 bridgehead atoms. The first kappa shape index (κ1) is 23.8. The normalized spacial score (nSPS) is 14.5. The summed E-state index contributed by atoms with van der Waals surface area (Å²) in [6, 6.07) is 16.8. The van der Waals surface area contributed by atoms with E-state index in [2.05, 4.69) is 5.10 Å². The monoisotopic (exact) mass is 514 g/mol. The number of amides is 1. The second kappa shape index (κ2) is 9.89. The van der Waals surface area contributed by atoms with E-state index in [4.69, 9.17) is 39.5 Å². The average Bonchev–Trinajstić information content (AvgIpc) is 3.08. The summed E-state index contributed by atoms with van der Waals surface area (Å²) in [4.78, 5) is 24.4. The minimum atomic E-state index is -1.19. The third-order valence-corrected chi connectivity index (χ3v) is 6.11. The van der Waals surface area contributed by atoms with Crippen molar-refractivity contribution in [1.29, 1.82) is 0 Å². The summed E-state index contributed by atoms with van der Waals surface area (Å²) in [6.45, 7) is 2.01. The van der Waals surface area contributed by atoms with Gasteiger partial charge >= 0.3 is 5.97 Å². The van der Waals surface area contributed by atoms with E-state index in [0.717, 1.165) is 16.1 Å². The zero-order valence-electron chi connectivity index (χ0n) is 17.8. The van der Waals surface area contributed by atoms with Gasteiger partial charge < -0.3 is 9.84 Å². The summed E-state index contributed by atoms with van der Waals surface area (Å²) < 4.78 is 5.86. The molecule has 0 saturated carbocycles. The lowest BCUT2D eigenvalue weighted by Crippen LogP contribution is -2.21. The number of aromatic carboxylic acids is 1. The van der Waals surface area contributed by atoms with E-state index < -0.39 is 5.97 Å². The Labute approximate surface area is 210 Å². The van der Waals surface area contributed by atoms with Crippen LogP contribution in [0.1, 0.15) is 28.4 Å². The fourth-order valence-corrected chi connectivity index (χ4v) is 3.84. The summed E-state index contributed by atoms with van der Waals surface area (Å²) in [5, 5.41) is 15.8. The van der Waals surface area contributed by atoms with Gasteiger partial charge in [0.2, 0.25) is 0 Å². The van der Waals surface area contributed by atoms with Crippen LogP contribution in [-0.2, 0) is 11.4 Å². The first-order valence-electron chi connectivity index (χ1n) is 10.0. The molecule has 0 radical (unpaired) electrons. The molecule has 0 aliphatic carbocycles. The predicted molar refractivity (Wildman–Crippen MR) is 134 cm³/mol. The Morgan fingerprint density at radius 1 is 1.03 bits per heavy atom. The molecule has 3 aromatic carbocycles. The van der Waals surface area contributed by atoms with Gasteiger partial charge in [-0.15, -0.1) is 0 Å². The highest BCUT2D eigenvalue weighted by Gasteiger charge is 2.29. The number of ether oxygens (including phenoxy) is 1. The van der Waals surface area contributed by atoms with Gasteiger partial charge in [-0.3, -0.25) is 4.79 Å². The van der Waals surface area contributed by atoms with Crippen LogP contribution < -0.4 is 9.75 Å². The molecule has 1 aliphatic rings. The van der Waals surface area contributed by atoms with Gasteiger partial charge in [0.25, 0.3) is 5.91 Å². The molecule has 1 amide bonds. The number of halogens is 3. The molecule has 1 heterocycles. The third kappa shape index (κ3) is 5.09. The average molecular weight is 516 g/mol. The minimum absolute atomic E-state index is 0.0806. The molecule has 0 aromatic heterocycles. The molecule has 1 N–H and O–H groups in total. The Balaban J connectivity index is 1.53. The van der Waals surface area contributed by atoms with Crippen molar-refractivity contribution in [3.63, 3.8) is 0 Å². The number of carboxylic acid groups (broad SMARTS) is 1. The molecule has 1 aliphatic heterocycles. The van der Waals surface area contributed by atoms with Crippen LogP contribution in [-0.4, -0.2) is 22.7 Å². The highest BCUT2D eigenvalue weighted by molar-refractivity contribution is 6.42. The Kier molecular flexibility index (Phi) is 6.93. The minimum Gasteiger partial charge on any atom is -0.489 e. The predicted octanol–water partition coefficient (Wildman–Crippen LogP) is 6.73. The number of hydrazone groups is 1. The summed E-state index contributed by atoms with van der Waals surface area (Å²) >= 11 is 17.9. The molecule has 172 valence electrons. The van der Waals surface area contributed by atoms with Crippen molar-refractivity contribution in [2.45, 2.75) is 13.5 Å². The van der Waals surface area contributed by atoms with Crippen LogP contribution in [0.3, 0.4) is 0 Å². The van der Waals surface area contributed by atoms with E-state index >= 15 is 0 Å². The molecule has 0 atom stereocenters. The van der Waals surface area contributed by atoms with Gasteiger partial charge in [-0.05, 0) is 66.6 Å². The Hall–Kier alpha value is -3.32. The standard InChI is InChI=1S/C25H17Cl3N2O4/c1-14-19(24(31)30(29-14)17-6-8-21(26)20(12-17)25(32)33)10-15-3-2-4-18(9-15)34-13-16-5-7-22(27)23(28)11-16/h2-12H,13H2,1H3,(H,32,33)/b19-10-. The fraction of sp³-hybridized carbons (Fsp3) is 0.0800. The van der Waals surface area contributed by atoms with Gasteiger partial charge in [0, 0.05) is 0 Å². The van der Waals surface area contributed by atoms with Crippen LogP contribution >= 0.6 is 34.8 Å². The van der Waals surface area contributed by atoms with Crippen LogP contribution in [0.15, 0.2) is 71.3 Å². The Bertz CT molecular complexity index is 1370. The maximum absolute atomic E-state index is 13.0. The number of hydrogen-bond acceptors (Lipinski definition) is 4. The van der Waals surface area contributed by atoms with Crippen LogP contribution in [0, 0.1) is 0 Å². The number of carbonyl (C=O) groups is 2. The van der Waals surface area contributed by atoms with Crippen molar-refractivity contribution in [3.05, 3.63) is 98.0 Å². The summed E-state index contributed by atoms with van der Waals surface area (Å²) in [6.07, 6.45) is 1.71. The van der Waals surface area contributed by atoms with Gasteiger partial charge in [-0.1, -0.05) is 53.0 Å². The van der Waals surface area contributed by atoms with E-state index in [9.17, 15) is 14.7 Å². The number of anilines is 1. The van der Waals surface area contributed by atoms with Crippen molar-refractivity contribution >= 4 is 64.2 Å². The van der Waals surface area contributed by atoms with Gasteiger partial charge in [-0.25, -0.2) is 4.79 Å². The van der Waals surface area contributed by atoms with Crippen LogP contribution in [0.25, 0.3) is 6.08 Å². The van der Waals surface area contributed by atoms with Crippen LogP contribution in [0.4, 0.5) is 5.69 Å². The lowest BCUT2D eigenvalue weighted by Gasteiger charge is -2.13. The van der Waals surface area contributed by atoms with E-state index in [1.807, 2.05) is 24.3 Å². The molecule has 4 rings (SSSR count). The topological polar surface area (TPSA) is 79.2 Å². The van der Waals surface area contributed by atoms with E-state index in [-0.39, 0.29) is 16.5 Å². The fourth-order valence-electron chi connectivity index (χ4n) is 3.33. The quantitative estimate of drug-likeness (QED) is 0.369. The molecule has 0 spiro atoms. The second-order valence-electron chi connectivity index (χ2n) is 7.44. The lowest BCUT2D eigenvalue weighted by molar-refractivity contribution is -0.114. The molecule has 9 heteroatoms. The summed E-state index contributed by atoms with van der Waals surface area (Å²) in [5.41, 5.74) is 2.70. The number of benzene rings is 3. The molecule has 0 fully saturated rings. The SMILES string of the molecule is CC1=NN(c2ccc(Cl)c(C(=O)O)c2)C(=O)/C1=C\c1cccc(OCc2ccc(Cl)c(Cl)c2)c1. The van der Waals surface area contributed by atoms with Crippen molar-refractivity contribution in [2.24, 2.45) is 5.10 Å². The number of carbonyl (C=O) groups excluding carboxylic acids is 1. The van der Waals surface area contributed by atoms with E-state index in [1.54, 1.807) is 37.3 Å². The van der Waals surface area contributed by atoms with Crippen molar-refractivity contribution in [2.75, 3.05) is 5.01 Å². The highest BCUT2D eigenvalue weighted by atomic mass is 35.5. The lowest BCUT2D eigenvalue weighted by atomic mass is 10.1. The molecular formula is C25H17Cl3N2O4. The van der Waals surface area contributed by atoms with Gasteiger partial charge in [0.05, 0.1) is 37.6 Å². The molecule has 0 saturated heterocycles. The molecular weight excluding hydrogens is 499 g/mol. The number of nitrogens with zero attached hydrogens (tertiary/aromatic N) is 2. The number of carboxylic acids is 1. The van der Waals surface area contributed by atoms with Gasteiger partial charge in [-0.2, -0.15) is 10.1 Å². The smallest absolute Gasteiger partial charge is 0.337 e. The molecule has 6 nitrogen and oxygen atoms in total. The van der Waals surface area contributed by atoms with Crippen LogP contribution in [0.2, 0.25) is 15.1 Å². The largest absolute Gasteiger partial charge is 0.489 e. The molecule has 3 aromatic rings. The zero-order chi connectivity index (χ0) is 24.4. The second-order valence-corrected chi connectivity index (χ2v) is 8.66. The van der Waals surface area contributed by atoms with Crippen molar-refractivity contribution < 1.29 is 19.4 Å². The van der Waals surface area contributed by atoms with Crippen molar-refractivity contribution in [1.82, 2.24) is 0 Å². The summed E-state index contributed by atoms with van der Waals surface area (Å²) in [7, 11) is 0. The van der Waals surface area contributed by atoms with E-state index in [1.165, 1.54) is 12.1 Å². The number of hydrogen-bond donors (Lipinski definition) is 1. The molecule has 0 unspecified atom stereocenters. The van der Waals surface area contributed by atoms with Gasteiger partial charge in [0.15, 0.2) is 0 Å². The first-order valence-corrected chi connectivity index (χ1v) is 11.2. The number of rotatable bonds is 6. The Morgan fingerprint density at radius 3 is 2.53 bits per heavy atom. The van der Waals surface area contributed by atoms with Crippen LogP contribution in [0.5, 0.6) is 5.75 Å². The third-order valence-electron chi connectivity index (χ3n) is 5.05. The van der Waals surface area contributed by atoms with Crippen molar-refractivity contribution in [3.8, 4) is 5.75 Å². The van der Waals surface area contributed by atoms with Gasteiger partial charge in [0.1, 0.15) is 12.4 Å². The van der Waals surface area contributed by atoms with E-state index in [0.29, 0.717) is 39.4 Å². The highest BCUT2D eigenvalue weighted by Crippen LogP contribution is 2.29. The first-order chi connectivity index (χ1) is 16.2. The molecule has 34 heavy (non-hydrogen) atoms. The zero-order valence-corrected chi connectivity index (χ0v) is 20.0. The summed E-state index contributed by atoms with van der Waals surface area (Å²) in [5.74, 6) is -0.952. The maximum Gasteiger partial charge on any atom is 0.337 e. The maximum atomic E-state index is 13.0.